The highest BCUT2D eigenvalue weighted by Crippen LogP contribution is 2.35. The lowest BCUT2D eigenvalue weighted by molar-refractivity contribution is -0.150. The van der Waals surface area contributed by atoms with E-state index < -0.39 is 0 Å². The second-order valence-corrected chi connectivity index (χ2v) is 6.48. The largest absolute Gasteiger partial charge is 0.462 e. The summed E-state index contributed by atoms with van der Waals surface area (Å²) in [4.78, 5) is 23.4. The summed E-state index contributed by atoms with van der Waals surface area (Å²) in [5.41, 5.74) is 0.497. The Labute approximate surface area is 133 Å². The van der Waals surface area contributed by atoms with Crippen molar-refractivity contribution in [2.24, 2.45) is 5.41 Å². The molecule has 0 aromatic carbocycles. The fourth-order valence-corrected chi connectivity index (χ4v) is 2.67. The van der Waals surface area contributed by atoms with Crippen LogP contribution < -0.4 is 0 Å². The summed E-state index contributed by atoms with van der Waals surface area (Å²) in [5, 5.41) is 0. The highest BCUT2D eigenvalue weighted by molar-refractivity contribution is 5.87. The summed E-state index contributed by atoms with van der Waals surface area (Å²) in [6.07, 6.45) is 7.52. The maximum atomic E-state index is 11.7. The van der Waals surface area contributed by atoms with Gasteiger partial charge in [-0.25, -0.2) is 9.59 Å². The Bertz CT molecular complexity index is 396. The van der Waals surface area contributed by atoms with Crippen LogP contribution >= 0.6 is 0 Å². The standard InChI is InChI=1S/C18H28O4/c1-14(2)16(19)21-12-18(13-22-17(20)15(3)4)10-8-6-5-7-9-11-18/h1,3,5-13H2,2,4H3. The Morgan fingerprint density at radius 2 is 1.18 bits per heavy atom. The van der Waals surface area contributed by atoms with Crippen LogP contribution in [0.4, 0.5) is 0 Å². The van der Waals surface area contributed by atoms with E-state index in [1.54, 1.807) is 13.8 Å². The molecule has 0 N–H and O–H groups in total. The average molecular weight is 308 g/mol. The molecule has 0 heterocycles. The molecule has 0 aromatic rings. The maximum Gasteiger partial charge on any atom is 0.333 e. The number of hydrogen-bond acceptors (Lipinski definition) is 4. The summed E-state index contributed by atoms with van der Waals surface area (Å²) in [7, 11) is 0. The second-order valence-electron chi connectivity index (χ2n) is 6.48. The van der Waals surface area contributed by atoms with Gasteiger partial charge in [0, 0.05) is 16.6 Å². The van der Waals surface area contributed by atoms with Gasteiger partial charge in [0.25, 0.3) is 0 Å². The molecule has 1 aliphatic rings. The Morgan fingerprint density at radius 1 is 0.818 bits per heavy atom. The van der Waals surface area contributed by atoms with Gasteiger partial charge in [-0.15, -0.1) is 0 Å². The van der Waals surface area contributed by atoms with Crippen LogP contribution in [0.5, 0.6) is 0 Å². The van der Waals surface area contributed by atoms with Gasteiger partial charge < -0.3 is 9.47 Å². The van der Waals surface area contributed by atoms with Gasteiger partial charge in [-0.1, -0.05) is 45.3 Å². The first-order chi connectivity index (χ1) is 10.4. The monoisotopic (exact) mass is 308 g/mol. The van der Waals surface area contributed by atoms with Crippen LogP contribution in [0.3, 0.4) is 0 Å². The van der Waals surface area contributed by atoms with E-state index in [0.29, 0.717) is 11.1 Å². The van der Waals surface area contributed by atoms with Crippen molar-refractivity contribution in [3.8, 4) is 0 Å². The summed E-state index contributed by atoms with van der Waals surface area (Å²) in [6.45, 7) is 11.0. The maximum absolute atomic E-state index is 11.7. The molecule has 124 valence electrons. The van der Waals surface area contributed by atoms with Crippen molar-refractivity contribution in [3.63, 3.8) is 0 Å². The Hall–Kier alpha value is -1.58. The van der Waals surface area contributed by atoms with Crippen LogP contribution in [0.15, 0.2) is 24.3 Å². The van der Waals surface area contributed by atoms with Crippen molar-refractivity contribution in [2.45, 2.75) is 58.8 Å². The molecule has 0 saturated heterocycles. The van der Waals surface area contributed by atoms with E-state index in [-0.39, 0.29) is 30.6 Å². The zero-order valence-corrected chi connectivity index (χ0v) is 13.9. The minimum absolute atomic E-state index is 0.280. The van der Waals surface area contributed by atoms with Crippen molar-refractivity contribution in [2.75, 3.05) is 13.2 Å². The normalized spacial score (nSPS) is 17.7. The van der Waals surface area contributed by atoms with Crippen molar-refractivity contribution >= 4 is 11.9 Å². The SMILES string of the molecule is C=C(C)C(=O)OCC1(COC(=O)C(=C)C)CCCCCCC1. The van der Waals surface area contributed by atoms with Crippen LogP contribution in [0.1, 0.15) is 58.8 Å². The number of carbonyl (C=O) groups excluding carboxylic acids is 2. The Morgan fingerprint density at radius 3 is 1.55 bits per heavy atom. The van der Waals surface area contributed by atoms with Gasteiger partial charge in [0.2, 0.25) is 0 Å². The number of rotatable bonds is 6. The quantitative estimate of drug-likeness (QED) is 0.550. The Balaban J connectivity index is 2.73. The van der Waals surface area contributed by atoms with E-state index in [4.69, 9.17) is 9.47 Å². The van der Waals surface area contributed by atoms with Gasteiger partial charge in [-0.3, -0.25) is 0 Å². The molecule has 1 saturated carbocycles. The summed E-state index contributed by atoms with van der Waals surface area (Å²) >= 11 is 0. The lowest BCUT2D eigenvalue weighted by atomic mass is 9.77. The highest BCUT2D eigenvalue weighted by atomic mass is 16.5. The fourth-order valence-electron chi connectivity index (χ4n) is 2.67. The van der Waals surface area contributed by atoms with Gasteiger partial charge in [-0.05, 0) is 26.7 Å². The van der Waals surface area contributed by atoms with Crippen LogP contribution in [0, 0.1) is 5.41 Å². The molecule has 1 aliphatic carbocycles. The molecular formula is C18H28O4. The van der Waals surface area contributed by atoms with Crippen LogP contribution in [0.25, 0.3) is 0 Å². The van der Waals surface area contributed by atoms with Crippen LogP contribution in [0.2, 0.25) is 0 Å². The molecule has 0 atom stereocenters. The van der Waals surface area contributed by atoms with E-state index in [9.17, 15) is 9.59 Å². The van der Waals surface area contributed by atoms with Gasteiger partial charge in [-0.2, -0.15) is 0 Å². The average Bonchev–Trinajstić information content (AvgIpc) is 2.44. The second kappa shape index (κ2) is 8.76. The smallest absolute Gasteiger partial charge is 0.333 e. The molecule has 0 bridgehead atoms. The minimum atomic E-state index is -0.382. The first-order valence-electron chi connectivity index (χ1n) is 8.02. The number of ether oxygens (including phenoxy) is 2. The molecule has 4 nitrogen and oxygen atoms in total. The number of hydrogen-bond donors (Lipinski definition) is 0. The molecule has 0 unspecified atom stereocenters. The molecule has 0 spiro atoms. The minimum Gasteiger partial charge on any atom is -0.462 e. The topological polar surface area (TPSA) is 52.6 Å². The molecular weight excluding hydrogens is 280 g/mol. The lowest BCUT2D eigenvalue weighted by Crippen LogP contribution is -2.35. The first kappa shape index (κ1) is 18.5. The van der Waals surface area contributed by atoms with Crippen LogP contribution in [-0.2, 0) is 19.1 Å². The molecule has 0 amide bonds. The molecule has 4 heteroatoms. The fraction of sp³-hybridized carbons (Fsp3) is 0.667. The van der Waals surface area contributed by atoms with E-state index in [1.165, 1.54) is 19.3 Å². The van der Waals surface area contributed by atoms with Crippen molar-refractivity contribution in [1.82, 2.24) is 0 Å². The molecule has 22 heavy (non-hydrogen) atoms. The third-order valence-corrected chi connectivity index (χ3v) is 4.13. The predicted molar refractivity (Wildman–Crippen MR) is 86.3 cm³/mol. The predicted octanol–water partition coefficient (Wildman–Crippen LogP) is 3.96. The zero-order valence-electron chi connectivity index (χ0n) is 13.9. The van der Waals surface area contributed by atoms with E-state index in [1.807, 2.05) is 0 Å². The molecule has 1 rings (SSSR count). The van der Waals surface area contributed by atoms with E-state index in [0.717, 1.165) is 25.7 Å². The third-order valence-electron chi connectivity index (χ3n) is 4.13. The van der Waals surface area contributed by atoms with Crippen LogP contribution in [-0.4, -0.2) is 25.2 Å². The molecule has 0 radical (unpaired) electrons. The summed E-state index contributed by atoms with van der Waals surface area (Å²) in [6, 6.07) is 0. The highest BCUT2D eigenvalue weighted by Gasteiger charge is 2.34. The lowest BCUT2D eigenvalue weighted by Gasteiger charge is -2.34. The molecule has 1 fully saturated rings. The number of carbonyl (C=O) groups is 2. The zero-order chi connectivity index (χ0) is 16.6. The number of esters is 2. The Kier molecular flexibility index (Phi) is 7.36. The summed E-state index contributed by atoms with van der Waals surface area (Å²) < 4.78 is 10.8. The van der Waals surface area contributed by atoms with Gasteiger partial charge in [0.1, 0.15) is 13.2 Å². The van der Waals surface area contributed by atoms with Gasteiger partial charge in [0.15, 0.2) is 0 Å². The van der Waals surface area contributed by atoms with Gasteiger partial charge in [0.05, 0.1) is 0 Å². The van der Waals surface area contributed by atoms with Crippen molar-refractivity contribution < 1.29 is 19.1 Å². The van der Waals surface area contributed by atoms with E-state index >= 15 is 0 Å². The molecule has 0 aliphatic heterocycles. The van der Waals surface area contributed by atoms with Gasteiger partial charge >= 0.3 is 11.9 Å². The first-order valence-corrected chi connectivity index (χ1v) is 8.02. The summed E-state index contributed by atoms with van der Waals surface area (Å²) in [5.74, 6) is -0.764. The van der Waals surface area contributed by atoms with Crippen molar-refractivity contribution in [1.29, 1.82) is 0 Å². The van der Waals surface area contributed by atoms with E-state index in [2.05, 4.69) is 13.2 Å². The van der Waals surface area contributed by atoms with Crippen molar-refractivity contribution in [3.05, 3.63) is 24.3 Å². The third kappa shape index (κ3) is 6.04. The molecule has 0 aromatic heterocycles.